The highest BCUT2D eigenvalue weighted by Crippen LogP contribution is 2.28. The van der Waals surface area contributed by atoms with E-state index in [9.17, 15) is 14.0 Å². The maximum Gasteiger partial charge on any atom is 0.293 e. The highest BCUT2D eigenvalue weighted by Gasteiger charge is 2.16. The van der Waals surface area contributed by atoms with E-state index in [1.807, 2.05) is 6.07 Å². The molecule has 0 bridgehead atoms. The molecule has 3 aromatic rings. The van der Waals surface area contributed by atoms with E-state index in [4.69, 9.17) is 10.5 Å². The van der Waals surface area contributed by atoms with Crippen molar-refractivity contribution in [1.82, 2.24) is 4.98 Å². The van der Waals surface area contributed by atoms with Crippen LogP contribution in [0.2, 0.25) is 0 Å². The Morgan fingerprint density at radius 3 is 2.74 bits per heavy atom. The molecule has 0 radical (unpaired) electrons. The standard InChI is InChI=1S/C20H20FN3O3/c1-12(27-11-25)17-10-23-19-7-6-15(9-16(17)19)24-20(26)18(22)8-13-2-4-14(21)5-3-13/h2-7,9-12,18,23H,8,22H2,1H3,(H,24,26)/t12-,18-/m0/s1. The van der Waals surface area contributed by atoms with Gasteiger partial charge in [0.1, 0.15) is 11.9 Å². The summed E-state index contributed by atoms with van der Waals surface area (Å²) in [7, 11) is 0. The maximum atomic E-state index is 13.0. The lowest BCUT2D eigenvalue weighted by atomic mass is 10.1. The molecule has 0 aliphatic carbocycles. The van der Waals surface area contributed by atoms with Crippen LogP contribution < -0.4 is 11.1 Å². The van der Waals surface area contributed by atoms with Gasteiger partial charge in [0.15, 0.2) is 0 Å². The smallest absolute Gasteiger partial charge is 0.293 e. The number of amides is 1. The fraction of sp³-hybridized carbons (Fsp3) is 0.200. The van der Waals surface area contributed by atoms with Gasteiger partial charge < -0.3 is 20.8 Å². The predicted octanol–water partition coefficient (Wildman–Crippen LogP) is 3.05. The molecule has 2 aromatic carbocycles. The van der Waals surface area contributed by atoms with Crippen LogP contribution in [0.5, 0.6) is 0 Å². The summed E-state index contributed by atoms with van der Waals surface area (Å²) in [4.78, 5) is 26.1. The lowest BCUT2D eigenvalue weighted by Crippen LogP contribution is -2.37. The number of fused-ring (bicyclic) bond motifs is 1. The minimum absolute atomic E-state index is 0.300. The van der Waals surface area contributed by atoms with Gasteiger partial charge in [-0.25, -0.2) is 4.39 Å². The molecular weight excluding hydrogens is 349 g/mol. The van der Waals surface area contributed by atoms with Crippen molar-refractivity contribution in [1.29, 1.82) is 0 Å². The topological polar surface area (TPSA) is 97.2 Å². The number of benzene rings is 2. The van der Waals surface area contributed by atoms with E-state index in [1.54, 1.807) is 37.4 Å². The Balaban J connectivity index is 1.73. The van der Waals surface area contributed by atoms with Crippen LogP contribution in [0.4, 0.5) is 10.1 Å². The van der Waals surface area contributed by atoms with Crippen LogP contribution in [0, 0.1) is 5.82 Å². The summed E-state index contributed by atoms with van der Waals surface area (Å²) < 4.78 is 18.0. The molecule has 0 saturated carbocycles. The van der Waals surface area contributed by atoms with Crippen molar-refractivity contribution in [2.75, 3.05) is 5.32 Å². The quantitative estimate of drug-likeness (QED) is 0.558. The highest BCUT2D eigenvalue weighted by molar-refractivity contribution is 5.97. The first-order valence-corrected chi connectivity index (χ1v) is 8.49. The number of carbonyl (C=O) groups excluding carboxylic acids is 2. The van der Waals surface area contributed by atoms with Crippen molar-refractivity contribution < 1.29 is 18.7 Å². The average molecular weight is 369 g/mol. The van der Waals surface area contributed by atoms with E-state index in [-0.39, 0.29) is 11.7 Å². The monoisotopic (exact) mass is 369 g/mol. The van der Waals surface area contributed by atoms with E-state index < -0.39 is 12.1 Å². The van der Waals surface area contributed by atoms with E-state index in [1.165, 1.54) is 12.1 Å². The largest absolute Gasteiger partial charge is 0.460 e. The van der Waals surface area contributed by atoms with Crippen LogP contribution in [-0.2, 0) is 20.7 Å². The molecule has 6 nitrogen and oxygen atoms in total. The zero-order valence-corrected chi connectivity index (χ0v) is 14.7. The zero-order chi connectivity index (χ0) is 19.4. The van der Waals surface area contributed by atoms with Crippen molar-refractivity contribution in [2.45, 2.75) is 25.5 Å². The van der Waals surface area contributed by atoms with Gasteiger partial charge in [-0.05, 0) is 49.2 Å². The van der Waals surface area contributed by atoms with Crippen LogP contribution in [0.25, 0.3) is 10.9 Å². The minimum Gasteiger partial charge on any atom is -0.460 e. The first-order valence-electron chi connectivity index (χ1n) is 8.49. The number of carbonyl (C=O) groups is 2. The van der Waals surface area contributed by atoms with Crippen LogP contribution in [0.1, 0.15) is 24.2 Å². The molecule has 2 atom stereocenters. The molecular formula is C20H20FN3O3. The van der Waals surface area contributed by atoms with Gasteiger partial charge in [0, 0.05) is 28.4 Å². The Kier molecular flexibility index (Phi) is 5.52. The SMILES string of the molecule is C[C@H](OC=O)c1c[nH]c2ccc(NC(=O)[C@@H](N)Cc3ccc(F)cc3)cc12. The third-order valence-electron chi connectivity index (χ3n) is 4.38. The van der Waals surface area contributed by atoms with Crippen LogP contribution in [0.3, 0.4) is 0 Å². The van der Waals surface area contributed by atoms with Crippen LogP contribution in [0.15, 0.2) is 48.7 Å². The normalized spacial score (nSPS) is 13.1. The van der Waals surface area contributed by atoms with Gasteiger partial charge in [-0.2, -0.15) is 0 Å². The predicted molar refractivity (Wildman–Crippen MR) is 101 cm³/mol. The Labute approximate surface area is 155 Å². The minimum atomic E-state index is -0.769. The Morgan fingerprint density at radius 2 is 2.04 bits per heavy atom. The Hall–Kier alpha value is -3.19. The fourth-order valence-electron chi connectivity index (χ4n) is 2.92. The van der Waals surface area contributed by atoms with Gasteiger partial charge in [0.2, 0.25) is 5.91 Å². The highest BCUT2D eigenvalue weighted by atomic mass is 19.1. The molecule has 0 aliphatic rings. The van der Waals surface area contributed by atoms with Crippen molar-refractivity contribution in [2.24, 2.45) is 5.73 Å². The van der Waals surface area contributed by atoms with Gasteiger partial charge in [0.05, 0.1) is 6.04 Å². The number of ether oxygens (including phenoxy) is 1. The van der Waals surface area contributed by atoms with Gasteiger partial charge in [-0.3, -0.25) is 9.59 Å². The lowest BCUT2D eigenvalue weighted by Gasteiger charge is -2.13. The van der Waals surface area contributed by atoms with Gasteiger partial charge in [-0.1, -0.05) is 12.1 Å². The molecule has 1 aromatic heterocycles. The molecule has 0 unspecified atom stereocenters. The number of hydrogen-bond donors (Lipinski definition) is 3. The number of aromatic amines is 1. The molecule has 4 N–H and O–H groups in total. The van der Waals surface area contributed by atoms with Gasteiger partial charge >= 0.3 is 0 Å². The van der Waals surface area contributed by atoms with E-state index >= 15 is 0 Å². The Bertz CT molecular complexity index is 953. The number of H-pyrrole nitrogens is 1. The van der Waals surface area contributed by atoms with Crippen molar-refractivity contribution in [3.8, 4) is 0 Å². The number of anilines is 1. The number of nitrogens with one attached hydrogen (secondary N) is 2. The third-order valence-corrected chi connectivity index (χ3v) is 4.38. The molecule has 140 valence electrons. The third kappa shape index (κ3) is 4.32. The van der Waals surface area contributed by atoms with E-state index in [0.717, 1.165) is 22.0 Å². The molecule has 0 spiro atoms. The molecule has 0 aliphatic heterocycles. The number of aromatic nitrogens is 1. The van der Waals surface area contributed by atoms with Crippen molar-refractivity contribution in [3.05, 3.63) is 65.6 Å². The molecule has 27 heavy (non-hydrogen) atoms. The molecule has 1 heterocycles. The first-order chi connectivity index (χ1) is 13.0. The summed E-state index contributed by atoms with van der Waals surface area (Å²) in [6.45, 7) is 2.17. The molecule has 1 amide bonds. The second kappa shape index (κ2) is 8.01. The molecule has 0 fully saturated rings. The number of rotatable bonds is 7. The van der Waals surface area contributed by atoms with Crippen LogP contribution >= 0.6 is 0 Å². The average Bonchev–Trinajstić information content (AvgIpc) is 3.07. The lowest BCUT2D eigenvalue weighted by molar-refractivity contribution is -0.133. The van der Waals surface area contributed by atoms with Gasteiger partial charge in [-0.15, -0.1) is 0 Å². The second-order valence-corrected chi connectivity index (χ2v) is 6.31. The van der Waals surface area contributed by atoms with Crippen LogP contribution in [-0.4, -0.2) is 23.4 Å². The number of hydrogen-bond acceptors (Lipinski definition) is 4. The number of nitrogens with two attached hydrogens (primary N) is 1. The summed E-state index contributed by atoms with van der Waals surface area (Å²) in [5.74, 6) is -0.673. The van der Waals surface area contributed by atoms with Crippen molar-refractivity contribution in [3.63, 3.8) is 0 Å². The number of halogens is 1. The first kappa shape index (κ1) is 18.6. The Morgan fingerprint density at radius 1 is 1.30 bits per heavy atom. The summed E-state index contributed by atoms with van der Waals surface area (Å²) in [6.07, 6.45) is 1.65. The summed E-state index contributed by atoms with van der Waals surface area (Å²) in [5.41, 5.74) is 9.01. The van der Waals surface area contributed by atoms with E-state index in [2.05, 4.69) is 10.3 Å². The summed E-state index contributed by atoms with van der Waals surface area (Å²) in [6, 6.07) is 10.5. The second-order valence-electron chi connectivity index (χ2n) is 6.31. The molecule has 3 rings (SSSR count). The zero-order valence-electron chi connectivity index (χ0n) is 14.7. The summed E-state index contributed by atoms with van der Waals surface area (Å²) >= 11 is 0. The summed E-state index contributed by atoms with van der Waals surface area (Å²) in [5, 5.41) is 3.63. The van der Waals surface area contributed by atoms with Crippen molar-refractivity contribution >= 4 is 29.0 Å². The fourth-order valence-corrected chi connectivity index (χ4v) is 2.92. The maximum absolute atomic E-state index is 13.0. The molecule has 7 heteroatoms. The van der Waals surface area contributed by atoms with Gasteiger partial charge in [0.25, 0.3) is 6.47 Å². The molecule has 0 saturated heterocycles. The van der Waals surface area contributed by atoms with E-state index in [0.29, 0.717) is 18.6 Å².